The fourth-order valence-corrected chi connectivity index (χ4v) is 2.84. The maximum atomic E-state index is 12.9. The molecule has 0 aromatic heterocycles. The molecule has 1 heterocycles. The molecular weight excluding hydrogens is 337 g/mol. The molecule has 7 heteroatoms. The summed E-state index contributed by atoms with van der Waals surface area (Å²) in [6, 6.07) is 5.74. The molecule has 2 atom stereocenters. The number of benzene rings is 1. The predicted molar refractivity (Wildman–Crippen MR) is 100 cm³/mol. The van der Waals surface area contributed by atoms with Gasteiger partial charge in [0.2, 0.25) is 0 Å². The summed E-state index contributed by atoms with van der Waals surface area (Å²) in [5.74, 6) is 1.54. The van der Waals surface area contributed by atoms with Crippen molar-refractivity contribution in [2.45, 2.75) is 26.4 Å². The Morgan fingerprint density at radius 2 is 2.15 bits per heavy atom. The molecule has 1 fully saturated rings. The van der Waals surface area contributed by atoms with Gasteiger partial charge in [-0.15, -0.1) is 0 Å². The van der Waals surface area contributed by atoms with Crippen molar-refractivity contribution >= 4 is 5.96 Å². The Balaban J connectivity index is 1.80. The van der Waals surface area contributed by atoms with Gasteiger partial charge in [-0.25, -0.2) is 4.39 Å². The summed E-state index contributed by atoms with van der Waals surface area (Å²) in [4.78, 5) is 6.75. The number of guanidine groups is 1. The van der Waals surface area contributed by atoms with Crippen molar-refractivity contribution in [1.82, 2.24) is 10.2 Å². The van der Waals surface area contributed by atoms with Gasteiger partial charge in [0.05, 0.1) is 13.2 Å². The molecule has 0 radical (unpaired) electrons. The molecule has 1 aliphatic heterocycles. The summed E-state index contributed by atoms with van der Waals surface area (Å²) >= 11 is 0. The molecular formula is C19H30FN3O3. The average molecular weight is 367 g/mol. The number of aliphatic hydroxyl groups excluding tert-OH is 1. The standard InChI is InChI=1S/C19H30FN3O3/c1-3-21-19(23-10-9-15(12-23)13-25-4-2)22-11-17(24)14-26-18-7-5-16(20)6-8-18/h5-8,15,17,24H,3-4,9-14H2,1-2H3,(H,21,22). The number of aliphatic imine (C=N–C) groups is 1. The van der Waals surface area contributed by atoms with E-state index in [9.17, 15) is 9.50 Å². The van der Waals surface area contributed by atoms with E-state index in [0.717, 1.165) is 45.2 Å². The van der Waals surface area contributed by atoms with Crippen LogP contribution in [0.15, 0.2) is 29.3 Å². The van der Waals surface area contributed by atoms with E-state index in [1.54, 1.807) is 0 Å². The van der Waals surface area contributed by atoms with Crippen molar-refractivity contribution in [2.24, 2.45) is 10.9 Å². The van der Waals surface area contributed by atoms with Crippen LogP contribution in [0.25, 0.3) is 0 Å². The number of hydrogen-bond acceptors (Lipinski definition) is 4. The van der Waals surface area contributed by atoms with Crippen LogP contribution in [0.4, 0.5) is 4.39 Å². The van der Waals surface area contributed by atoms with E-state index in [1.807, 2.05) is 13.8 Å². The SMILES string of the molecule is CCNC(=NCC(O)COc1ccc(F)cc1)N1CCC(COCC)C1. The van der Waals surface area contributed by atoms with Gasteiger partial charge in [0.15, 0.2) is 5.96 Å². The van der Waals surface area contributed by atoms with E-state index < -0.39 is 6.10 Å². The molecule has 0 saturated carbocycles. The Morgan fingerprint density at radius 3 is 2.85 bits per heavy atom. The normalized spacial score (nSPS) is 18.8. The zero-order chi connectivity index (χ0) is 18.8. The third kappa shape index (κ3) is 6.80. The minimum absolute atomic E-state index is 0.113. The van der Waals surface area contributed by atoms with E-state index in [-0.39, 0.29) is 19.0 Å². The van der Waals surface area contributed by atoms with Crippen molar-refractivity contribution in [3.8, 4) is 5.75 Å². The van der Waals surface area contributed by atoms with Crippen LogP contribution in [0, 0.1) is 11.7 Å². The molecule has 0 amide bonds. The van der Waals surface area contributed by atoms with Crippen LogP contribution in [-0.4, -0.2) is 68.1 Å². The van der Waals surface area contributed by atoms with Gasteiger partial charge in [0.1, 0.15) is 24.3 Å². The highest BCUT2D eigenvalue weighted by atomic mass is 19.1. The van der Waals surface area contributed by atoms with Crippen LogP contribution in [-0.2, 0) is 4.74 Å². The van der Waals surface area contributed by atoms with Crippen LogP contribution >= 0.6 is 0 Å². The Bertz CT molecular complexity index is 553. The smallest absolute Gasteiger partial charge is 0.194 e. The molecule has 6 nitrogen and oxygen atoms in total. The first-order chi connectivity index (χ1) is 12.6. The summed E-state index contributed by atoms with van der Waals surface area (Å²) in [6.45, 7) is 8.53. The van der Waals surface area contributed by atoms with Crippen molar-refractivity contribution in [2.75, 3.05) is 46.0 Å². The molecule has 2 N–H and O–H groups in total. The van der Waals surface area contributed by atoms with Crippen molar-refractivity contribution < 1.29 is 19.0 Å². The van der Waals surface area contributed by atoms with Gasteiger partial charge in [-0.3, -0.25) is 4.99 Å². The third-order valence-corrected chi connectivity index (χ3v) is 4.19. The Labute approximate surface area is 155 Å². The van der Waals surface area contributed by atoms with Crippen molar-refractivity contribution in [1.29, 1.82) is 0 Å². The number of likely N-dealkylation sites (tertiary alicyclic amines) is 1. The molecule has 1 aromatic rings. The summed E-state index contributed by atoms with van der Waals surface area (Å²) in [6.07, 6.45) is 0.358. The number of hydrogen-bond donors (Lipinski definition) is 2. The lowest BCUT2D eigenvalue weighted by molar-refractivity contribution is 0.113. The van der Waals surface area contributed by atoms with Crippen LogP contribution in [0.5, 0.6) is 5.75 Å². The van der Waals surface area contributed by atoms with E-state index in [0.29, 0.717) is 11.7 Å². The van der Waals surface area contributed by atoms with Crippen LogP contribution in [0.3, 0.4) is 0 Å². The monoisotopic (exact) mass is 367 g/mol. The number of rotatable bonds is 9. The van der Waals surface area contributed by atoms with E-state index >= 15 is 0 Å². The quantitative estimate of drug-likeness (QED) is 0.515. The van der Waals surface area contributed by atoms with Gasteiger partial charge in [0.25, 0.3) is 0 Å². The predicted octanol–water partition coefficient (Wildman–Crippen LogP) is 1.89. The maximum Gasteiger partial charge on any atom is 0.194 e. The van der Waals surface area contributed by atoms with Gasteiger partial charge in [0, 0.05) is 32.2 Å². The lowest BCUT2D eigenvalue weighted by Crippen LogP contribution is -2.41. The lowest BCUT2D eigenvalue weighted by atomic mass is 10.1. The lowest BCUT2D eigenvalue weighted by Gasteiger charge is -2.22. The first-order valence-corrected chi connectivity index (χ1v) is 9.29. The summed E-state index contributed by atoms with van der Waals surface area (Å²) in [5.41, 5.74) is 0. The van der Waals surface area contributed by atoms with Gasteiger partial charge >= 0.3 is 0 Å². The Kier molecular flexibility index (Phi) is 8.64. The number of nitrogens with one attached hydrogen (secondary N) is 1. The number of aliphatic hydroxyl groups is 1. The Hall–Kier alpha value is -1.86. The molecule has 0 bridgehead atoms. The van der Waals surface area contributed by atoms with E-state index in [4.69, 9.17) is 9.47 Å². The molecule has 2 rings (SSSR count). The first-order valence-electron chi connectivity index (χ1n) is 9.29. The molecule has 1 aromatic carbocycles. The minimum Gasteiger partial charge on any atom is -0.491 e. The molecule has 1 aliphatic rings. The fraction of sp³-hybridized carbons (Fsp3) is 0.632. The fourth-order valence-electron chi connectivity index (χ4n) is 2.84. The van der Waals surface area contributed by atoms with Gasteiger partial charge < -0.3 is 24.8 Å². The van der Waals surface area contributed by atoms with Crippen LogP contribution in [0.2, 0.25) is 0 Å². The largest absolute Gasteiger partial charge is 0.491 e. The van der Waals surface area contributed by atoms with Crippen molar-refractivity contribution in [3.05, 3.63) is 30.1 Å². The van der Waals surface area contributed by atoms with E-state index in [2.05, 4.69) is 15.2 Å². The summed E-state index contributed by atoms with van der Waals surface area (Å²) in [7, 11) is 0. The molecule has 146 valence electrons. The molecule has 26 heavy (non-hydrogen) atoms. The van der Waals surface area contributed by atoms with Gasteiger partial charge in [-0.05, 0) is 44.5 Å². The van der Waals surface area contributed by atoms with Gasteiger partial charge in [-0.1, -0.05) is 0 Å². The topological polar surface area (TPSA) is 66.3 Å². The summed E-state index contributed by atoms with van der Waals surface area (Å²) in [5, 5.41) is 13.4. The molecule has 1 saturated heterocycles. The second-order valence-electron chi connectivity index (χ2n) is 6.37. The molecule has 0 aliphatic carbocycles. The third-order valence-electron chi connectivity index (χ3n) is 4.19. The number of nitrogens with zero attached hydrogens (tertiary/aromatic N) is 2. The summed E-state index contributed by atoms with van der Waals surface area (Å²) < 4.78 is 23.9. The second-order valence-corrected chi connectivity index (χ2v) is 6.37. The van der Waals surface area contributed by atoms with Crippen molar-refractivity contribution in [3.63, 3.8) is 0 Å². The molecule has 0 spiro atoms. The number of halogens is 1. The Morgan fingerprint density at radius 1 is 1.38 bits per heavy atom. The highest BCUT2D eigenvalue weighted by molar-refractivity contribution is 5.80. The first kappa shape index (κ1) is 20.5. The highest BCUT2D eigenvalue weighted by Gasteiger charge is 2.25. The minimum atomic E-state index is -0.726. The van der Waals surface area contributed by atoms with Crippen LogP contribution in [0.1, 0.15) is 20.3 Å². The number of ether oxygens (including phenoxy) is 2. The molecule has 2 unspecified atom stereocenters. The maximum absolute atomic E-state index is 12.9. The van der Waals surface area contributed by atoms with Crippen LogP contribution < -0.4 is 10.1 Å². The van der Waals surface area contributed by atoms with Gasteiger partial charge in [-0.2, -0.15) is 0 Å². The zero-order valence-electron chi connectivity index (χ0n) is 15.7. The average Bonchev–Trinajstić information content (AvgIpc) is 3.11. The highest BCUT2D eigenvalue weighted by Crippen LogP contribution is 2.17. The van der Waals surface area contributed by atoms with E-state index in [1.165, 1.54) is 24.3 Å². The zero-order valence-corrected chi connectivity index (χ0v) is 15.7. The second kappa shape index (κ2) is 11.0.